The smallest absolute Gasteiger partial charge is 0.187 e. The van der Waals surface area contributed by atoms with Crippen LogP contribution in [-0.4, -0.2) is 23.7 Å². The first-order valence-corrected chi connectivity index (χ1v) is 8.42. The Balaban J connectivity index is 1.77. The molecule has 0 bridgehead atoms. The van der Waals surface area contributed by atoms with E-state index in [2.05, 4.69) is 27.1 Å². The highest BCUT2D eigenvalue weighted by Gasteiger charge is 2.08. The third-order valence-electron chi connectivity index (χ3n) is 3.12. The van der Waals surface area contributed by atoms with Gasteiger partial charge in [-0.3, -0.25) is 4.98 Å². The van der Waals surface area contributed by atoms with Gasteiger partial charge in [0.15, 0.2) is 5.13 Å². The van der Waals surface area contributed by atoms with Crippen molar-refractivity contribution in [2.75, 3.05) is 19.0 Å². The Kier molecular flexibility index (Phi) is 5.44. The normalized spacial score (nSPS) is 10.1. The Bertz CT molecular complexity index is 898. The van der Waals surface area contributed by atoms with E-state index in [1.165, 1.54) is 11.3 Å². The summed E-state index contributed by atoms with van der Waals surface area (Å²) in [4.78, 5) is 8.57. The van der Waals surface area contributed by atoms with Crippen molar-refractivity contribution < 1.29 is 4.74 Å². The fourth-order valence-electron chi connectivity index (χ4n) is 2.05. The molecule has 0 amide bonds. The zero-order valence-electron chi connectivity index (χ0n) is 12.9. The van der Waals surface area contributed by atoms with E-state index in [-0.39, 0.29) is 0 Å². The minimum atomic E-state index is 0.417. The molecule has 3 aromatic rings. The lowest BCUT2D eigenvalue weighted by atomic mass is 10.2. The average molecular weight is 356 g/mol. The molecule has 0 saturated carbocycles. The zero-order chi connectivity index (χ0) is 16.8. The van der Waals surface area contributed by atoms with Crippen LogP contribution in [0.15, 0.2) is 48.1 Å². The van der Waals surface area contributed by atoms with Gasteiger partial charge >= 0.3 is 0 Å². The van der Waals surface area contributed by atoms with Crippen LogP contribution in [0.1, 0.15) is 5.56 Å². The summed E-state index contributed by atoms with van der Waals surface area (Å²) in [5.41, 5.74) is 3.55. The highest BCUT2D eigenvalue weighted by molar-refractivity contribution is 7.14. The number of thiazole rings is 1. The summed E-state index contributed by atoms with van der Waals surface area (Å²) in [6, 6.07) is 9.71. The molecular weight excluding hydrogens is 342 g/mol. The summed E-state index contributed by atoms with van der Waals surface area (Å²) in [5, 5.41) is 6.64. The third kappa shape index (κ3) is 4.12. The van der Waals surface area contributed by atoms with Gasteiger partial charge in [-0.2, -0.15) is 0 Å². The van der Waals surface area contributed by atoms with Gasteiger partial charge in [-0.05, 0) is 24.3 Å². The average Bonchev–Trinajstić information content (AvgIpc) is 3.04. The van der Waals surface area contributed by atoms with Crippen molar-refractivity contribution in [1.29, 1.82) is 0 Å². The molecule has 0 atom stereocenters. The summed E-state index contributed by atoms with van der Waals surface area (Å²) < 4.78 is 4.93. The van der Waals surface area contributed by atoms with Crippen molar-refractivity contribution in [2.45, 2.75) is 0 Å². The van der Waals surface area contributed by atoms with Crippen molar-refractivity contribution in [3.05, 3.63) is 58.7 Å². The van der Waals surface area contributed by atoms with Crippen LogP contribution in [-0.2, 0) is 4.74 Å². The zero-order valence-corrected chi connectivity index (χ0v) is 14.5. The van der Waals surface area contributed by atoms with Crippen molar-refractivity contribution >= 4 is 33.8 Å². The molecule has 2 aromatic heterocycles. The Morgan fingerprint density at radius 1 is 1.33 bits per heavy atom. The molecule has 0 aliphatic heterocycles. The first-order valence-electron chi connectivity index (χ1n) is 7.16. The molecule has 2 heterocycles. The number of nitrogens with one attached hydrogen (secondary N) is 1. The van der Waals surface area contributed by atoms with Crippen LogP contribution in [0.3, 0.4) is 0 Å². The second kappa shape index (κ2) is 7.93. The van der Waals surface area contributed by atoms with E-state index in [4.69, 9.17) is 16.3 Å². The number of benzene rings is 1. The van der Waals surface area contributed by atoms with Gasteiger partial charge in [0.05, 0.1) is 10.7 Å². The number of rotatable bonds is 4. The van der Waals surface area contributed by atoms with Crippen LogP contribution < -0.4 is 5.32 Å². The second-order valence-corrected chi connectivity index (χ2v) is 6.10. The van der Waals surface area contributed by atoms with Crippen molar-refractivity contribution in [2.24, 2.45) is 0 Å². The fourth-order valence-corrected chi connectivity index (χ4v) is 2.99. The first-order chi connectivity index (χ1) is 11.8. The standard InChI is InChI=1S/C18H14ClN3OS/c1-23-9-3-5-13-4-2-6-14(10-13)21-18-22-17(12-24-18)15-7-8-20-11-16(15)19/h2,4,6-8,10-12H,9H2,1H3,(H,21,22). The van der Waals surface area contributed by atoms with Crippen LogP contribution in [0.25, 0.3) is 11.3 Å². The maximum atomic E-state index is 6.17. The Morgan fingerprint density at radius 2 is 2.25 bits per heavy atom. The van der Waals surface area contributed by atoms with Gasteiger partial charge in [-0.1, -0.05) is 29.5 Å². The van der Waals surface area contributed by atoms with E-state index in [1.807, 2.05) is 35.7 Å². The molecule has 0 fully saturated rings. The van der Waals surface area contributed by atoms with E-state index >= 15 is 0 Å². The Morgan fingerprint density at radius 3 is 3.08 bits per heavy atom. The number of nitrogens with zero attached hydrogens (tertiary/aromatic N) is 2. The van der Waals surface area contributed by atoms with E-state index in [1.54, 1.807) is 19.5 Å². The minimum Gasteiger partial charge on any atom is -0.372 e. The maximum Gasteiger partial charge on any atom is 0.187 e. The molecule has 0 unspecified atom stereocenters. The molecule has 120 valence electrons. The van der Waals surface area contributed by atoms with Crippen LogP contribution >= 0.6 is 22.9 Å². The summed E-state index contributed by atoms with van der Waals surface area (Å²) in [5.74, 6) is 5.99. The van der Waals surface area contributed by atoms with Gasteiger partial charge in [0.1, 0.15) is 6.61 Å². The number of halogens is 1. The lowest BCUT2D eigenvalue weighted by molar-refractivity contribution is 0.240. The molecule has 0 aliphatic rings. The van der Waals surface area contributed by atoms with Gasteiger partial charge in [-0.15, -0.1) is 11.3 Å². The molecule has 1 N–H and O–H groups in total. The van der Waals surface area contributed by atoms with Gasteiger partial charge in [0.25, 0.3) is 0 Å². The largest absolute Gasteiger partial charge is 0.372 e. The number of aromatic nitrogens is 2. The lowest BCUT2D eigenvalue weighted by Gasteiger charge is -2.03. The van der Waals surface area contributed by atoms with Crippen molar-refractivity contribution in [3.8, 4) is 23.1 Å². The molecular formula is C18H14ClN3OS. The lowest BCUT2D eigenvalue weighted by Crippen LogP contribution is -1.90. The molecule has 1 aromatic carbocycles. The number of hydrogen-bond donors (Lipinski definition) is 1. The van der Waals surface area contributed by atoms with E-state index in [0.717, 1.165) is 27.6 Å². The minimum absolute atomic E-state index is 0.417. The predicted octanol–water partition coefficient (Wildman–Crippen LogP) is 4.60. The van der Waals surface area contributed by atoms with Crippen LogP contribution in [0, 0.1) is 11.8 Å². The molecule has 3 rings (SSSR count). The molecule has 0 aliphatic carbocycles. The first kappa shape index (κ1) is 16.5. The molecule has 0 spiro atoms. The van der Waals surface area contributed by atoms with Gasteiger partial charge < -0.3 is 10.1 Å². The number of pyridine rings is 1. The molecule has 0 saturated heterocycles. The predicted molar refractivity (Wildman–Crippen MR) is 98.8 cm³/mol. The summed E-state index contributed by atoms with van der Waals surface area (Å²) in [6.07, 6.45) is 3.32. The highest BCUT2D eigenvalue weighted by Crippen LogP contribution is 2.31. The number of methoxy groups -OCH3 is 1. The molecule has 6 heteroatoms. The van der Waals surface area contributed by atoms with Gasteiger partial charge in [0.2, 0.25) is 0 Å². The quantitative estimate of drug-likeness (QED) is 0.695. The topological polar surface area (TPSA) is 47.0 Å². The van der Waals surface area contributed by atoms with Crippen molar-refractivity contribution in [3.63, 3.8) is 0 Å². The number of hydrogen-bond acceptors (Lipinski definition) is 5. The van der Waals surface area contributed by atoms with E-state index in [9.17, 15) is 0 Å². The Labute approximate surface area is 149 Å². The van der Waals surface area contributed by atoms with Crippen LogP contribution in [0.4, 0.5) is 10.8 Å². The maximum absolute atomic E-state index is 6.17. The Hall–Kier alpha value is -2.39. The summed E-state index contributed by atoms with van der Waals surface area (Å²) >= 11 is 7.68. The molecule has 24 heavy (non-hydrogen) atoms. The fraction of sp³-hybridized carbons (Fsp3) is 0.111. The van der Waals surface area contributed by atoms with Crippen molar-refractivity contribution in [1.82, 2.24) is 9.97 Å². The van der Waals surface area contributed by atoms with Gasteiger partial charge in [-0.25, -0.2) is 4.98 Å². The summed E-state index contributed by atoms with van der Waals surface area (Å²) in [7, 11) is 1.63. The monoisotopic (exact) mass is 355 g/mol. The SMILES string of the molecule is COCC#Cc1cccc(Nc2nc(-c3ccncc3Cl)cs2)c1. The highest BCUT2D eigenvalue weighted by atomic mass is 35.5. The number of ether oxygens (including phenoxy) is 1. The molecule has 0 radical (unpaired) electrons. The van der Waals surface area contributed by atoms with Crippen LogP contribution in [0.2, 0.25) is 5.02 Å². The second-order valence-electron chi connectivity index (χ2n) is 4.83. The van der Waals surface area contributed by atoms with E-state index < -0.39 is 0 Å². The third-order valence-corrected chi connectivity index (χ3v) is 4.17. The van der Waals surface area contributed by atoms with E-state index in [0.29, 0.717) is 11.6 Å². The van der Waals surface area contributed by atoms with Gasteiger partial charge in [0, 0.05) is 41.7 Å². The molecule has 4 nitrogen and oxygen atoms in total. The number of anilines is 2. The van der Waals surface area contributed by atoms with Crippen LogP contribution in [0.5, 0.6) is 0 Å². The summed E-state index contributed by atoms with van der Waals surface area (Å²) in [6.45, 7) is 0.417.